The lowest BCUT2D eigenvalue weighted by Crippen LogP contribution is -2.38. The molecule has 1 atom stereocenters. The van der Waals surface area contributed by atoms with Gasteiger partial charge in [0, 0.05) is 17.8 Å². The monoisotopic (exact) mass is 252 g/mol. The summed E-state index contributed by atoms with van der Waals surface area (Å²) in [5, 5.41) is 10.4. The van der Waals surface area contributed by atoms with Crippen LogP contribution in [0, 0.1) is 0 Å². The van der Waals surface area contributed by atoms with Gasteiger partial charge in [0.15, 0.2) is 5.13 Å². The number of amides is 3. The van der Waals surface area contributed by atoms with Gasteiger partial charge >= 0.3 is 6.03 Å². The van der Waals surface area contributed by atoms with Gasteiger partial charge in [-0.15, -0.1) is 11.3 Å². The molecule has 1 saturated heterocycles. The minimum absolute atomic E-state index is 0.222. The van der Waals surface area contributed by atoms with Crippen LogP contribution in [0.4, 0.5) is 9.93 Å². The molecule has 6 nitrogen and oxygen atoms in total. The number of carbonyl (C=O) groups excluding carboxylic acids is 2. The van der Waals surface area contributed by atoms with Crippen LogP contribution in [0.5, 0.6) is 0 Å². The van der Waals surface area contributed by atoms with E-state index in [1.54, 1.807) is 0 Å². The summed E-state index contributed by atoms with van der Waals surface area (Å²) < 4.78 is 0. The van der Waals surface area contributed by atoms with E-state index in [9.17, 15) is 9.59 Å². The summed E-state index contributed by atoms with van der Waals surface area (Å²) in [6, 6.07) is -0.807. The minimum atomic E-state index is -0.504. The molecule has 3 amide bonds. The smallest absolute Gasteiger partial charge is 0.315 e. The van der Waals surface area contributed by atoms with Crippen molar-refractivity contribution < 1.29 is 9.59 Å². The van der Waals surface area contributed by atoms with Crippen LogP contribution in [0.1, 0.15) is 24.5 Å². The fraction of sp³-hybridized carbons (Fsp3) is 0.500. The van der Waals surface area contributed by atoms with Crippen molar-refractivity contribution in [3.8, 4) is 0 Å². The standard InChI is InChI=1S/C10H12N4O2S/c15-8(6-3-11-9(16)12-6)14-10-13-7(4-17-10)5-1-2-5/h4-6H,1-3H2,(H2,11,12,16)(H,13,14,15)/t6-/m1/s1. The van der Waals surface area contributed by atoms with Gasteiger partial charge in [0.25, 0.3) is 5.91 Å². The number of anilines is 1. The Labute approximate surface area is 102 Å². The van der Waals surface area contributed by atoms with E-state index in [2.05, 4.69) is 20.9 Å². The van der Waals surface area contributed by atoms with Gasteiger partial charge in [-0.3, -0.25) is 4.79 Å². The van der Waals surface area contributed by atoms with Crippen molar-refractivity contribution in [2.24, 2.45) is 0 Å². The van der Waals surface area contributed by atoms with Crippen molar-refractivity contribution in [3.05, 3.63) is 11.1 Å². The van der Waals surface area contributed by atoms with Gasteiger partial charge in [-0.2, -0.15) is 0 Å². The minimum Gasteiger partial charge on any atom is -0.336 e. The summed E-state index contributed by atoms with van der Waals surface area (Å²) in [6.45, 7) is 0.325. The number of carbonyl (C=O) groups is 2. The van der Waals surface area contributed by atoms with E-state index in [0.29, 0.717) is 17.6 Å². The summed E-state index contributed by atoms with van der Waals surface area (Å²) in [5.41, 5.74) is 1.07. The Hall–Kier alpha value is -1.63. The van der Waals surface area contributed by atoms with Gasteiger partial charge < -0.3 is 16.0 Å². The molecule has 1 saturated carbocycles. The molecule has 0 unspecified atom stereocenters. The molecule has 17 heavy (non-hydrogen) atoms. The Morgan fingerprint density at radius 2 is 2.35 bits per heavy atom. The second kappa shape index (κ2) is 3.99. The van der Waals surface area contributed by atoms with Crippen LogP contribution >= 0.6 is 11.3 Å². The highest BCUT2D eigenvalue weighted by atomic mass is 32.1. The van der Waals surface area contributed by atoms with Gasteiger partial charge in [-0.25, -0.2) is 9.78 Å². The van der Waals surface area contributed by atoms with Crippen LogP contribution < -0.4 is 16.0 Å². The van der Waals surface area contributed by atoms with Crippen LogP contribution in [0.3, 0.4) is 0 Å². The highest BCUT2D eigenvalue weighted by molar-refractivity contribution is 7.13. The first-order valence-electron chi connectivity index (χ1n) is 5.53. The molecule has 0 radical (unpaired) electrons. The zero-order valence-corrected chi connectivity index (χ0v) is 9.84. The molecule has 3 N–H and O–H groups in total. The number of urea groups is 1. The number of nitrogens with one attached hydrogen (secondary N) is 3. The maximum Gasteiger partial charge on any atom is 0.315 e. The molecule has 1 aliphatic carbocycles. The Balaban J connectivity index is 1.61. The van der Waals surface area contributed by atoms with Crippen LogP contribution in [0.2, 0.25) is 0 Å². The zero-order chi connectivity index (χ0) is 11.8. The summed E-state index contributed by atoms with van der Waals surface area (Å²) in [4.78, 5) is 27.0. The molecule has 1 aromatic heterocycles. The molecule has 2 aliphatic rings. The van der Waals surface area contributed by atoms with E-state index < -0.39 is 6.04 Å². The third kappa shape index (κ3) is 2.23. The second-order valence-electron chi connectivity index (χ2n) is 4.25. The van der Waals surface area contributed by atoms with E-state index >= 15 is 0 Å². The second-order valence-corrected chi connectivity index (χ2v) is 5.11. The number of nitrogens with zero attached hydrogens (tertiary/aromatic N) is 1. The van der Waals surface area contributed by atoms with E-state index in [0.717, 1.165) is 5.69 Å². The Kier molecular flexibility index (Phi) is 2.47. The fourth-order valence-electron chi connectivity index (χ4n) is 1.72. The van der Waals surface area contributed by atoms with Crippen LogP contribution in [-0.4, -0.2) is 29.5 Å². The number of thiazole rings is 1. The molecule has 0 spiro atoms. The third-order valence-corrected chi connectivity index (χ3v) is 3.61. The normalized spacial score (nSPS) is 23.1. The molecule has 0 bridgehead atoms. The Morgan fingerprint density at radius 3 is 3.00 bits per heavy atom. The lowest BCUT2D eigenvalue weighted by Gasteiger charge is -2.06. The molecule has 0 aromatic carbocycles. The Bertz CT molecular complexity index is 469. The number of rotatable bonds is 3. The third-order valence-electron chi connectivity index (χ3n) is 2.84. The van der Waals surface area contributed by atoms with Gasteiger partial charge in [-0.1, -0.05) is 0 Å². The molecule has 1 aliphatic heterocycles. The first-order valence-corrected chi connectivity index (χ1v) is 6.41. The molecular formula is C10H12N4O2S. The summed E-state index contributed by atoms with van der Waals surface area (Å²) >= 11 is 1.43. The molecule has 7 heteroatoms. The first kappa shape index (κ1) is 10.5. The van der Waals surface area contributed by atoms with Gasteiger partial charge in [0.1, 0.15) is 6.04 Å². The van der Waals surface area contributed by atoms with E-state index in [1.807, 2.05) is 5.38 Å². The largest absolute Gasteiger partial charge is 0.336 e. The Morgan fingerprint density at radius 1 is 1.53 bits per heavy atom. The average molecular weight is 252 g/mol. The predicted molar refractivity (Wildman–Crippen MR) is 63.0 cm³/mol. The number of hydrogen-bond donors (Lipinski definition) is 3. The summed E-state index contributed by atoms with van der Waals surface area (Å²) in [6.07, 6.45) is 2.39. The topological polar surface area (TPSA) is 83.1 Å². The van der Waals surface area contributed by atoms with E-state index in [1.165, 1.54) is 24.2 Å². The SMILES string of the molecule is O=C1NC[C@H](C(=O)Nc2nc(C3CC3)cs2)N1. The van der Waals surface area contributed by atoms with E-state index in [-0.39, 0.29) is 11.9 Å². The molecule has 1 aromatic rings. The van der Waals surface area contributed by atoms with E-state index in [4.69, 9.17) is 0 Å². The quantitative estimate of drug-likeness (QED) is 0.738. The van der Waals surface area contributed by atoms with Crippen LogP contribution in [-0.2, 0) is 4.79 Å². The van der Waals surface area contributed by atoms with Crippen molar-refractivity contribution in [2.45, 2.75) is 24.8 Å². The predicted octanol–water partition coefficient (Wildman–Crippen LogP) is 0.640. The molecular weight excluding hydrogens is 240 g/mol. The highest BCUT2D eigenvalue weighted by Gasteiger charge is 2.29. The van der Waals surface area contributed by atoms with Crippen LogP contribution in [0.25, 0.3) is 0 Å². The molecule has 2 fully saturated rings. The van der Waals surface area contributed by atoms with Crippen molar-refractivity contribution in [2.75, 3.05) is 11.9 Å². The van der Waals surface area contributed by atoms with Crippen molar-refractivity contribution in [1.29, 1.82) is 0 Å². The van der Waals surface area contributed by atoms with Gasteiger partial charge in [0.05, 0.1) is 5.69 Å². The fourth-order valence-corrected chi connectivity index (χ4v) is 2.51. The lowest BCUT2D eigenvalue weighted by molar-refractivity contribution is -0.117. The van der Waals surface area contributed by atoms with Crippen molar-refractivity contribution >= 4 is 28.4 Å². The van der Waals surface area contributed by atoms with Gasteiger partial charge in [-0.05, 0) is 12.8 Å². The highest BCUT2D eigenvalue weighted by Crippen LogP contribution is 2.40. The number of aromatic nitrogens is 1. The maximum atomic E-state index is 11.8. The maximum absolute atomic E-state index is 11.8. The first-order chi connectivity index (χ1) is 8.22. The molecule has 2 heterocycles. The molecule has 90 valence electrons. The lowest BCUT2D eigenvalue weighted by atomic mass is 10.3. The summed E-state index contributed by atoms with van der Waals surface area (Å²) in [7, 11) is 0. The summed E-state index contributed by atoms with van der Waals surface area (Å²) in [5.74, 6) is 0.366. The van der Waals surface area contributed by atoms with Crippen molar-refractivity contribution in [1.82, 2.24) is 15.6 Å². The number of hydrogen-bond acceptors (Lipinski definition) is 4. The van der Waals surface area contributed by atoms with Crippen LogP contribution in [0.15, 0.2) is 5.38 Å². The zero-order valence-electron chi connectivity index (χ0n) is 9.03. The molecule has 3 rings (SSSR count). The average Bonchev–Trinajstić information content (AvgIpc) is 2.90. The van der Waals surface area contributed by atoms with Gasteiger partial charge in [0.2, 0.25) is 0 Å². The van der Waals surface area contributed by atoms with Crippen molar-refractivity contribution in [3.63, 3.8) is 0 Å².